The normalized spacial score (nSPS) is 30.1. The molecule has 6 heteroatoms. The van der Waals surface area contributed by atoms with Crippen molar-refractivity contribution >= 4 is 35.5 Å². The standard InChI is InChI=1S/C12H18O4S2/c1-15-10(13)8-9(11(14)16-2)18-12(17-8)6-4-3-5-7-12/h8-9H,3-7H2,1-2H3. The summed E-state index contributed by atoms with van der Waals surface area (Å²) in [6.45, 7) is 0. The van der Waals surface area contributed by atoms with Crippen LogP contribution < -0.4 is 0 Å². The minimum Gasteiger partial charge on any atom is -0.468 e. The first-order valence-electron chi connectivity index (χ1n) is 6.13. The minimum absolute atomic E-state index is 0.00988. The number of esters is 2. The van der Waals surface area contributed by atoms with Gasteiger partial charge in [0.15, 0.2) is 0 Å². The molecule has 1 spiro atoms. The van der Waals surface area contributed by atoms with Gasteiger partial charge in [-0.25, -0.2) is 0 Å². The third-order valence-corrected chi connectivity index (χ3v) is 7.30. The Kier molecular flexibility index (Phi) is 4.48. The fraction of sp³-hybridized carbons (Fsp3) is 0.833. The molecule has 0 bridgehead atoms. The second-order valence-corrected chi connectivity index (χ2v) is 7.90. The smallest absolute Gasteiger partial charge is 0.320 e. The van der Waals surface area contributed by atoms with Crippen molar-refractivity contribution in [2.24, 2.45) is 0 Å². The van der Waals surface area contributed by atoms with E-state index in [1.807, 2.05) is 0 Å². The predicted octanol–water partition coefficient (Wildman–Crippen LogP) is 2.21. The number of carbonyl (C=O) groups excluding carboxylic acids is 2. The molecule has 4 nitrogen and oxygen atoms in total. The SMILES string of the molecule is COC(=O)C1SC2(CCCCC2)SC1C(=O)OC. The molecule has 1 aliphatic carbocycles. The highest BCUT2D eigenvalue weighted by Gasteiger charge is 2.53. The van der Waals surface area contributed by atoms with Crippen molar-refractivity contribution in [2.75, 3.05) is 14.2 Å². The summed E-state index contributed by atoms with van der Waals surface area (Å²) in [6, 6.07) is 0. The highest BCUT2D eigenvalue weighted by molar-refractivity contribution is 8.22. The number of thioether (sulfide) groups is 2. The van der Waals surface area contributed by atoms with Gasteiger partial charge >= 0.3 is 11.9 Å². The quantitative estimate of drug-likeness (QED) is 0.727. The van der Waals surface area contributed by atoms with E-state index in [1.54, 1.807) is 23.5 Å². The summed E-state index contributed by atoms with van der Waals surface area (Å²) < 4.78 is 9.63. The fourth-order valence-electron chi connectivity index (χ4n) is 2.52. The van der Waals surface area contributed by atoms with E-state index in [0.29, 0.717) is 0 Å². The molecule has 2 fully saturated rings. The molecular weight excluding hydrogens is 272 g/mol. The average molecular weight is 290 g/mol. The zero-order chi connectivity index (χ0) is 13.2. The molecule has 0 N–H and O–H groups in total. The lowest BCUT2D eigenvalue weighted by Crippen LogP contribution is -2.33. The molecule has 1 saturated carbocycles. The number of hydrogen-bond acceptors (Lipinski definition) is 6. The van der Waals surface area contributed by atoms with Gasteiger partial charge in [0, 0.05) is 0 Å². The second kappa shape index (κ2) is 5.74. The number of carbonyl (C=O) groups is 2. The Hall–Kier alpha value is -0.360. The van der Waals surface area contributed by atoms with Crippen molar-refractivity contribution in [2.45, 2.75) is 46.7 Å². The van der Waals surface area contributed by atoms with Crippen LogP contribution in [0.4, 0.5) is 0 Å². The van der Waals surface area contributed by atoms with E-state index in [-0.39, 0.29) is 16.0 Å². The summed E-state index contributed by atoms with van der Waals surface area (Å²) >= 11 is 3.21. The Morgan fingerprint density at radius 1 is 0.944 bits per heavy atom. The molecule has 2 unspecified atom stereocenters. The number of rotatable bonds is 2. The van der Waals surface area contributed by atoms with Crippen LogP contribution in [0.3, 0.4) is 0 Å². The first kappa shape index (κ1) is 14.1. The molecule has 1 heterocycles. The molecular formula is C12H18O4S2. The molecule has 0 amide bonds. The summed E-state index contributed by atoms with van der Waals surface area (Å²) in [4.78, 5) is 23.6. The second-order valence-electron chi connectivity index (χ2n) is 4.59. The first-order chi connectivity index (χ1) is 8.62. The number of methoxy groups -OCH3 is 2. The molecule has 1 aliphatic heterocycles. The Morgan fingerprint density at radius 3 is 1.78 bits per heavy atom. The van der Waals surface area contributed by atoms with Gasteiger partial charge in [0.25, 0.3) is 0 Å². The van der Waals surface area contributed by atoms with E-state index in [9.17, 15) is 9.59 Å². The summed E-state index contributed by atoms with van der Waals surface area (Å²) in [5.74, 6) is -0.629. The van der Waals surface area contributed by atoms with Gasteiger partial charge in [-0.05, 0) is 12.8 Å². The molecule has 0 aromatic heterocycles. The van der Waals surface area contributed by atoms with Crippen molar-refractivity contribution in [3.05, 3.63) is 0 Å². The van der Waals surface area contributed by atoms with E-state index < -0.39 is 10.5 Å². The summed E-state index contributed by atoms with van der Waals surface area (Å²) in [6.07, 6.45) is 5.70. The van der Waals surface area contributed by atoms with Gasteiger partial charge < -0.3 is 9.47 Å². The minimum atomic E-state index is -0.425. The van der Waals surface area contributed by atoms with Crippen molar-refractivity contribution in [3.63, 3.8) is 0 Å². The molecule has 2 rings (SSSR count). The fourth-order valence-corrected chi connectivity index (χ4v) is 6.52. The first-order valence-corrected chi connectivity index (χ1v) is 7.89. The van der Waals surface area contributed by atoms with Gasteiger partial charge in [-0.15, -0.1) is 23.5 Å². The van der Waals surface area contributed by atoms with Gasteiger partial charge in [0.2, 0.25) is 0 Å². The molecule has 2 atom stereocenters. The van der Waals surface area contributed by atoms with Crippen molar-refractivity contribution in [1.29, 1.82) is 0 Å². The van der Waals surface area contributed by atoms with Gasteiger partial charge in [-0.1, -0.05) is 19.3 Å². The predicted molar refractivity (Wildman–Crippen MR) is 72.6 cm³/mol. The van der Waals surface area contributed by atoms with E-state index >= 15 is 0 Å². The lowest BCUT2D eigenvalue weighted by molar-refractivity contribution is -0.145. The van der Waals surface area contributed by atoms with E-state index in [4.69, 9.17) is 9.47 Å². The maximum absolute atomic E-state index is 11.8. The molecule has 0 aromatic rings. The van der Waals surface area contributed by atoms with E-state index in [0.717, 1.165) is 12.8 Å². The van der Waals surface area contributed by atoms with E-state index in [2.05, 4.69) is 0 Å². The maximum Gasteiger partial charge on any atom is 0.320 e. The summed E-state index contributed by atoms with van der Waals surface area (Å²) in [7, 11) is 2.74. The van der Waals surface area contributed by atoms with Gasteiger partial charge in [0.1, 0.15) is 10.5 Å². The summed E-state index contributed by atoms with van der Waals surface area (Å²) in [5.41, 5.74) is 0. The Morgan fingerprint density at radius 2 is 1.39 bits per heavy atom. The Labute approximate surface area is 116 Å². The Balaban J connectivity index is 2.16. The highest BCUT2D eigenvalue weighted by atomic mass is 32.2. The van der Waals surface area contributed by atoms with Crippen LogP contribution in [-0.4, -0.2) is 40.7 Å². The largest absolute Gasteiger partial charge is 0.468 e. The maximum atomic E-state index is 11.8. The van der Waals surface area contributed by atoms with Crippen molar-refractivity contribution in [1.82, 2.24) is 0 Å². The van der Waals surface area contributed by atoms with Gasteiger partial charge in [-0.2, -0.15) is 0 Å². The highest BCUT2D eigenvalue weighted by Crippen LogP contribution is 2.59. The van der Waals surface area contributed by atoms with Crippen LogP contribution in [-0.2, 0) is 19.1 Å². The molecule has 1 saturated heterocycles. The molecule has 102 valence electrons. The van der Waals surface area contributed by atoms with Gasteiger partial charge in [-0.3, -0.25) is 9.59 Å². The van der Waals surface area contributed by atoms with Crippen LogP contribution in [0, 0.1) is 0 Å². The summed E-state index contributed by atoms with van der Waals surface area (Å²) in [5, 5.41) is -0.851. The van der Waals surface area contributed by atoms with E-state index in [1.165, 1.54) is 33.5 Å². The van der Waals surface area contributed by atoms with Crippen molar-refractivity contribution < 1.29 is 19.1 Å². The van der Waals surface area contributed by atoms with Crippen molar-refractivity contribution in [3.8, 4) is 0 Å². The number of hydrogen-bond donors (Lipinski definition) is 0. The third-order valence-electron chi connectivity index (χ3n) is 3.44. The Bertz CT molecular complexity index is 313. The molecule has 0 aromatic carbocycles. The zero-order valence-corrected chi connectivity index (χ0v) is 12.3. The molecule has 2 aliphatic rings. The van der Waals surface area contributed by atoms with Crippen LogP contribution in [0.15, 0.2) is 0 Å². The average Bonchev–Trinajstić information content (AvgIpc) is 2.77. The van der Waals surface area contributed by atoms with Crippen LogP contribution in [0.25, 0.3) is 0 Å². The monoisotopic (exact) mass is 290 g/mol. The lowest BCUT2D eigenvalue weighted by atomic mass is 10.00. The number of ether oxygens (including phenoxy) is 2. The zero-order valence-electron chi connectivity index (χ0n) is 10.6. The molecule has 18 heavy (non-hydrogen) atoms. The van der Waals surface area contributed by atoms with Crippen LogP contribution in [0.5, 0.6) is 0 Å². The van der Waals surface area contributed by atoms with Crippen LogP contribution >= 0.6 is 23.5 Å². The lowest BCUT2D eigenvalue weighted by Gasteiger charge is -2.31. The topological polar surface area (TPSA) is 52.6 Å². The molecule has 0 radical (unpaired) electrons. The van der Waals surface area contributed by atoms with Crippen LogP contribution in [0.2, 0.25) is 0 Å². The van der Waals surface area contributed by atoms with Crippen LogP contribution in [0.1, 0.15) is 32.1 Å². The van der Waals surface area contributed by atoms with Gasteiger partial charge in [0.05, 0.1) is 18.3 Å². The third kappa shape index (κ3) is 2.64.